The van der Waals surface area contributed by atoms with Crippen molar-refractivity contribution in [2.45, 2.75) is 12.2 Å². The van der Waals surface area contributed by atoms with Gasteiger partial charge in [0.2, 0.25) is 5.91 Å². The molecule has 0 radical (unpaired) electrons. The number of hydrogen-bond acceptors (Lipinski definition) is 5. The van der Waals surface area contributed by atoms with Crippen LogP contribution in [-0.4, -0.2) is 48.3 Å². The second kappa shape index (κ2) is 5.34. The van der Waals surface area contributed by atoms with Crippen LogP contribution in [0.5, 0.6) is 11.5 Å². The van der Waals surface area contributed by atoms with Crippen molar-refractivity contribution in [3.05, 3.63) is 23.8 Å². The molecule has 2 aliphatic rings. The summed E-state index contributed by atoms with van der Waals surface area (Å²) in [5, 5.41) is 17.4. The van der Waals surface area contributed by atoms with Crippen LogP contribution in [0, 0.1) is 5.92 Å². The van der Waals surface area contributed by atoms with E-state index in [0.29, 0.717) is 5.56 Å². The number of phenolic OH excluding ortho intramolecular Hbond substituents is 1. The fraction of sp³-hybridized carbons (Fsp3) is 0.357. The fourth-order valence-corrected chi connectivity index (χ4v) is 2.91. The number of carbonyl (C=O) groups excluding carboxylic acids is 3. The molecule has 23 heavy (non-hydrogen) atoms. The third kappa shape index (κ3) is 2.39. The Bertz CT molecular complexity index is 692. The molecule has 2 heterocycles. The number of ether oxygens (including phenoxy) is 1. The first-order valence-corrected chi connectivity index (χ1v) is 6.94. The molecule has 1 aromatic carbocycles. The Kier molecular flexibility index (Phi) is 3.47. The Hall–Kier alpha value is -2.97. The molecule has 2 fully saturated rings. The van der Waals surface area contributed by atoms with E-state index in [4.69, 9.17) is 4.74 Å². The van der Waals surface area contributed by atoms with Crippen molar-refractivity contribution in [3.63, 3.8) is 0 Å². The second-order valence-corrected chi connectivity index (χ2v) is 5.40. The molecule has 2 saturated heterocycles. The number of benzene rings is 1. The number of methoxy groups -OCH3 is 1. The number of nitrogens with zero attached hydrogens (tertiary/aromatic N) is 1. The van der Waals surface area contributed by atoms with Gasteiger partial charge in [-0.25, -0.2) is 9.59 Å². The fourth-order valence-electron chi connectivity index (χ4n) is 2.91. The van der Waals surface area contributed by atoms with Crippen LogP contribution < -0.4 is 20.7 Å². The zero-order valence-electron chi connectivity index (χ0n) is 12.5. The Morgan fingerprint density at radius 1 is 1.22 bits per heavy atom. The Morgan fingerprint density at radius 2 is 1.96 bits per heavy atom. The first-order chi connectivity index (χ1) is 10.9. The summed E-state index contributed by atoms with van der Waals surface area (Å²) in [5.41, 5.74) is 0.533. The molecule has 3 atom stereocenters. The number of imide groups is 1. The average Bonchev–Trinajstić information content (AvgIpc) is 2.51. The van der Waals surface area contributed by atoms with E-state index < -0.39 is 36.1 Å². The molecular weight excluding hydrogens is 304 g/mol. The van der Waals surface area contributed by atoms with Gasteiger partial charge in [0.25, 0.3) is 0 Å². The van der Waals surface area contributed by atoms with Gasteiger partial charge < -0.3 is 25.4 Å². The van der Waals surface area contributed by atoms with Crippen molar-refractivity contribution in [2.24, 2.45) is 5.92 Å². The molecule has 1 aromatic rings. The van der Waals surface area contributed by atoms with Crippen molar-refractivity contribution < 1.29 is 24.2 Å². The van der Waals surface area contributed by atoms with Crippen molar-refractivity contribution in [1.29, 1.82) is 0 Å². The van der Waals surface area contributed by atoms with Gasteiger partial charge in [-0.1, -0.05) is 6.07 Å². The predicted octanol–water partition coefficient (Wildman–Crippen LogP) is -0.121. The summed E-state index contributed by atoms with van der Waals surface area (Å²) in [6.07, 6.45) is -0.765. The van der Waals surface area contributed by atoms with E-state index in [1.165, 1.54) is 25.1 Å². The van der Waals surface area contributed by atoms with E-state index in [9.17, 15) is 19.5 Å². The molecule has 0 aromatic heterocycles. The van der Waals surface area contributed by atoms with Crippen LogP contribution in [0.25, 0.3) is 0 Å². The highest BCUT2D eigenvalue weighted by Crippen LogP contribution is 2.35. The summed E-state index contributed by atoms with van der Waals surface area (Å²) in [6.45, 7) is 0. The van der Waals surface area contributed by atoms with Gasteiger partial charge in [-0.2, -0.15) is 0 Å². The molecular formula is C14H16N4O5. The predicted molar refractivity (Wildman–Crippen MR) is 77.6 cm³/mol. The van der Waals surface area contributed by atoms with Gasteiger partial charge in [0.1, 0.15) is 12.1 Å². The molecule has 3 unspecified atom stereocenters. The van der Waals surface area contributed by atoms with E-state index in [0.717, 1.165) is 0 Å². The van der Waals surface area contributed by atoms with E-state index in [1.54, 1.807) is 12.1 Å². The Morgan fingerprint density at radius 3 is 2.61 bits per heavy atom. The molecule has 5 amide bonds. The lowest BCUT2D eigenvalue weighted by molar-refractivity contribution is -0.130. The van der Waals surface area contributed by atoms with Crippen LogP contribution in [0.3, 0.4) is 0 Å². The maximum absolute atomic E-state index is 12.2. The number of amides is 5. The number of phenols is 1. The molecule has 3 rings (SSSR count). The van der Waals surface area contributed by atoms with Gasteiger partial charge in [0, 0.05) is 7.05 Å². The van der Waals surface area contributed by atoms with Gasteiger partial charge >= 0.3 is 12.1 Å². The highest BCUT2D eigenvalue weighted by Gasteiger charge is 2.48. The van der Waals surface area contributed by atoms with Crippen molar-refractivity contribution >= 4 is 18.0 Å². The highest BCUT2D eigenvalue weighted by atomic mass is 16.5. The molecule has 0 saturated carbocycles. The van der Waals surface area contributed by atoms with Gasteiger partial charge in [0.15, 0.2) is 11.5 Å². The lowest BCUT2D eigenvalue weighted by atomic mass is 9.86. The summed E-state index contributed by atoms with van der Waals surface area (Å²) >= 11 is 0. The smallest absolute Gasteiger partial charge is 0.325 e. The Labute approximate surface area is 131 Å². The summed E-state index contributed by atoms with van der Waals surface area (Å²) in [7, 11) is 2.92. The van der Waals surface area contributed by atoms with Gasteiger partial charge in [-0.3, -0.25) is 10.1 Å². The third-order valence-electron chi connectivity index (χ3n) is 4.10. The molecule has 9 heteroatoms. The lowest BCUT2D eigenvalue weighted by Crippen LogP contribution is -2.71. The summed E-state index contributed by atoms with van der Waals surface area (Å²) in [5.74, 6) is -1.05. The number of aromatic hydroxyl groups is 1. The SMILES string of the molecule is COc1ccc(C2NC(=O)NC3C2C(=O)NC(=O)N3C)cc1O. The molecule has 122 valence electrons. The summed E-state index contributed by atoms with van der Waals surface area (Å²) in [4.78, 5) is 37.1. The minimum atomic E-state index is -0.765. The molecule has 0 bridgehead atoms. The Balaban J connectivity index is 2.00. The number of rotatable bonds is 2. The molecule has 0 aliphatic carbocycles. The molecule has 9 nitrogen and oxygen atoms in total. The zero-order valence-corrected chi connectivity index (χ0v) is 12.5. The molecule has 0 spiro atoms. The molecule has 4 N–H and O–H groups in total. The number of carbonyl (C=O) groups is 3. The summed E-state index contributed by atoms with van der Waals surface area (Å²) in [6, 6.07) is 2.85. The van der Waals surface area contributed by atoms with Crippen LogP contribution in [-0.2, 0) is 4.79 Å². The number of urea groups is 2. The van der Waals surface area contributed by atoms with Crippen LogP contribution in [0.4, 0.5) is 9.59 Å². The van der Waals surface area contributed by atoms with E-state index >= 15 is 0 Å². The normalized spacial score (nSPS) is 26.8. The number of nitrogens with one attached hydrogen (secondary N) is 3. The quantitative estimate of drug-likeness (QED) is 0.605. The third-order valence-corrected chi connectivity index (χ3v) is 4.10. The van der Waals surface area contributed by atoms with Crippen molar-refractivity contribution in [1.82, 2.24) is 20.9 Å². The minimum Gasteiger partial charge on any atom is -0.504 e. The minimum absolute atomic E-state index is 0.102. The maximum atomic E-state index is 12.2. The van der Waals surface area contributed by atoms with E-state index in [2.05, 4.69) is 16.0 Å². The molecule has 2 aliphatic heterocycles. The summed E-state index contributed by atoms with van der Waals surface area (Å²) < 4.78 is 4.99. The lowest BCUT2D eigenvalue weighted by Gasteiger charge is -2.45. The zero-order chi connectivity index (χ0) is 16.7. The maximum Gasteiger partial charge on any atom is 0.325 e. The van der Waals surface area contributed by atoms with Crippen LogP contribution in [0.15, 0.2) is 18.2 Å². The second-order valence-electron chi connectivity index (χ2n) is 5.40. The highest BCUT2D eigenvalue weighted by molar-refractivity contribution is 6.00. The first-order valence-electron chi connectivity index (χ1n) is 6.94. The standard InChI is InChI=1S/C14H16N4O5/c1-18-11-9(12(20)17-14(18)22)10(15-13(21)16-11)6-3-4-8(23-2)7(19)5-6/h3-5,9-11,19H,1-2H3,(H2,15,16,21)(H,17,20,22). The van der Waals surface area contributed by atoms with Crippen LogP contribution >= 0.6 is 0 Å². The topological polar surface area (TPSA) is 120 Å². The van der Waals surface area contributed by atoms with Crippen molar-refractivity contribution in [3.8, 4) is 11.5 Å². The van der Waals surface area contributed by atoms with Gasteiger partial charge in [0.05, 0.1) is 13.2 Å². The van der Waals surface area contributed by atoms with Gasteiger partial charge in [-0.05, 0) is 17.7 Å². The van der Waals surface area contributed by atoms with Crippen LogP contribution in [0.1, 0.15) is 11.6 Å². The van der Waals surface area contributed by atoms with Crippen molar-refractivity contribution in [2.75, 3.05) is 14.2 Å². The van der Waals surface area contributed by atoms with Crippen LogP contribution in [0.2, 0.25) is 0 Å². The average molecular weight is 320 g/mol. The number of fused-ring (bicyclic) bond motifs is 1. The largest absolute Gasteiger partial charge is 0.504 e. The monoisotopic (exact) mass is 320 g/mol. The first kappa shape index (κ1) is 14.9. The van der Waals surface area contributed by atoms with E-state index in [1.807, 2.05) is 0 Å². The number of hydrogen-bond donors (Lipinski definition) is 4. The van der Waals surface area contributed by atoms with Gasteiger partial charge in [-0.15, -0.1) is 0 Å². The van der Waals surface area contributed by atoms with E-state index in [-0.39, 0.29) is 11.5 Å².